The van der Waals surface area contributed by atoms with Gasteiger partial charge in [-0.1, -0.05) is 51.2 Å². The monoisotopic (exact) mass is 309 g/mol. The van der Waals surface area contributed by atoms with Crippen molar-refractivity contribution >= 4 is 5.91 Å². The number of fused-ring (bicyclic) bond motifs is 2. The number of carbonyl (C=O) groups is 1. The predicted octanol–water partition coefficient (Wildman–Crippen LogP) is 3.86. The molecular weight excluding hydrogens is 282 g/mol. The third-order valence-electron chi connectivity index (χ3n) is 8.49. The van der Waals surface area contributed by atoms with Crippen LogP contribution in [-0.2, 0) is 4.79 Å². The second kappa shape index (κ2) is 4.20. The Morgan fingerprint density at radius 2 is 1.87 bits per heavy atom. The first kappa shape index (κ1) is 14.1. The molecule has 23 heavy (non-hydrogen) atoms. The molecule has 0 heterocycles. The number of carbonyl (C=O) groups excluding carboxylic acids is 1. The summed E-state index contributed by atoms with van der Waals surface area (Å²) in [5, 5.41) is 3.46. The summed E-state index contributed by atoms with van der Waals surface area (Å²) in [5.74, 6) is 2.96. The molecule has 5 aliphatic carbocycles. The fourth-order valence-corrected chi connectivity index (χ4v) is 6.50. The van der Waals surface area contributed by atoms with E-state index in [2.05, 4.69) is 56.5 Å². The molecule has 0 radical (unpaired) electrons. The maximum Gasteiger partial charge on any atom is 0.247 e. The van der Waals surface area contributed by atoms with Gasteiger partial charge in [0.15, 0.2) is 0 Å². The lowest BCUT2D eigenvalue weighted by atomic mass is 9.69. The van der Waals surface area contributed by atoms with Crippen LogP contribution in [0.15, 0.2) is 36.0 Å². The Balaban J connectivity index is 1.38. The molecule has 0 aliphatic heterocycles. The van der Waals surface area contributed by atoms with Crippen LogP contribution in [0.1, 0.15) is 40.0 Å². The van der Waals surface area contributed by atoms with Crippen molar-refractivity contribution in [1.29, 1.82) is 0 Å². The summed E-state index contributed by atoms with van der Waals surface area (Å²) in [6, 6.07) is 0.349. The zero-order valence-electron chi connectivity index (χ0n) is 14.4. The van der Waals surface area contributed by atoms with Crippen LogP contribution in [0.4, 0.5) is 0 Å². The number of hydrogen-bond donors (Lipinski definition) is 1. The van der Waals surface area contributed by atoms with E-state index in [9.17, 15) is 4.79 Å². The Kier molecular flexibility index (Phi) is 2.57. The van der Waals surface area contributed by atoms with E-state index in [0.29, 0.717) is 35.1 Å². The van der Waals surface area contributed by atoms with Crippen LogP contribution in [-0.4, -0.2) is 11.9 Å². The van der Waals surface area contributed by atoms with E-state index in [-0.39, 0.29) is 11.3 Å². The van der Waals surface area contributed by atoms with E-state index in [4.69, 9.17) is 0 Å². The molecule has 0 aromatic rings. The smallest absolute Gasteiger partial charge is 0.247 e. The van der Waals surface area contributed by atoms with Crippen molar-refractivity contribution in [1.82, 2.24) is 5.32 Å². The summed E-state index contributed by atoms with van der Waals surface area (Å²) in [6.45, 7) is 7.22. The summed E-state index contributed by atoms with van der Waals surface area (Å²) in [7, 11) is 0. The molecule has 2 saturated carbocycles. The van der Waals surface area contributed by atoms with Gasteiger partial charge in [-0.25, -0.2) is 0 Å². The van der Waals surface area contributed by atoms with Gasteiger partial charge in [-0.05, 0) is 47.8 Å². The minimum Gasteiger partial charge on any atom is -0.349 e. The summed E-state index contributed by atoms with van der Waals surface area (Å²) in [4.78, 5) is 13.0. The lowest BCUT2D eigenvalue weighted by molar-refractivity contribution is -0.119. The lowest BCUT2D eigenvalue weighted by Crippen LogP contribution is -2.47. The van der Waals surface area contributed by atoms with E-state index >= 15 is 0 Å². The highest BCUT2D eigenvalue weighted by atomic mass is 16.1. The van der Waals surface area contributed by atoms with Crippen LogP contribution in [0, 0.1) is 40.4 Å². The van der Waals surface area contributed by atoms with Crippen LogP contribution < -0.4 is 5.32 Å². The first-order chi connectivity index (χ1) is 10.9. The molecule has 0 spiro atoms. The van der Waals surface area contributed by atoms with E-state index in [1.54, 1.807) is 0 Å². The van der Waals surface area contributed by atoms with Crippen LogP contribution in [0.5, 0.6) is 0 Å². The average Bonchev–Trinajstić information content (AvgIpc) is 3.23. The van der Waals surface area contributed by atoms with Gasteiger partial charge in [-0.15, -0.1) is 0 Å². The van der Waals surface area contributed by atoms with E-state index in [0.717, 1.165) is 11.5 Å². The van der Waals surface area contributed by atoms with Gasteiger partial charge in [0, 0.05) is 23.5 Å². The van der Waals surface area contributed by atoms with Crippen molar-refractivity contribution in [3.63, 3.8) is 0 Å². The number of amides is 1. The minimum absolute atomic E-state index is 0.206. The molecule has 0 aromatic heterocycles. The van der Waals surface area contributed by atoms with Crippen molar-refractivity contribution < 1.29 is 4.79 Å². The average molecular weight is 309 g/mol. The highest BCUT2D eigenvalue weighted by Gasteiger charge is 2.61. The van der Waals surface area contributed by atoms with E-state index < -0.39 is 0 Å². The Labute approximate surface area is 139 Å². The van der Waals surface area contributed by atoms with Gasteiger partial charge in [-0.2, -0.15) is 0 Å². The molecule has 7 atom stereocenters. The van der Waals surface area contributed by atoms with Crippen molar-refractivity contribution in [3.8, 4) is 0 Å². The van der Waals surface area contributed by atoms with Gasteiger partial charge in [-0.3, -0.25) is 4.79 Å². The molecule has 1 N–H and O–H groups in total. The normalized spacial score (nSPS) is 50.5. The van der Waals surface area contributed by atoms with E-state index in [1.807, 2.05) is 0 Å². The molecule has 5 rings (SSSR count). The molecular formula is C21H27NO. The van der Waals surface area contributed by atoms with E-state index in [1.165, 1.54) is 19.3 Å². The second-order valence-electron chi connectivity index (χ2n) is 9.29. The highest BCUT2D eigenvalue weighted by molar-refractivity contribution is 5.95. The SMILES string of the molecule is CC1(C)[C@H]2CC[C@@]1(C)[C@H](NC(=O)C1=C[C@@H]3C=C[C@@H]4C=C[C@@H]1[C@@H]43)C2. The number of rotatable bonds is 2. The van der Waals surface area contributed by atoms with Crippen molar-refractivity contribution in [3.05, 3.63) is 36.0 Å². The maximum atomic E-state index is 13.0. The minimum atomic E-state index is 0.206. The first-order valence-corrected chi connectivity index (χ1v) is 9.31. The Morgan fingerprint density at radius 3 is 2.57 bits per heavy atom. The van der Waals surface area contributed by atoms with Crippen LogP contribution >= 0.6 is 0 Å². The van der Waals surface area contributed by atoms with Gasteiger partial charge in [0.1, 0.15) is 0 Å². The first-order valence-electron chi connectivity index (χ1n) is 9.31. The Bertz CT molecular complexity index is 669. The standard InChI is InChI=1S/C21H27NO/c1-20(2)14-8-9-21(20,3)17(11-14)22-19(23)16-10-13-5-4-12-6-7-15(16)18(12)13/h4-7,10,12-15,17-18H,8-9,11H2,1-3H3,(H,22,23)/t12-,13+,14+,15+,17-,18+,21+/m1/s1. The Hall–Kier alpha value is -1.31. The largest absolute Gasteiger partial charge is 0.349 e. The lowest BCUT2D eigenvalue weighted by Gasteiger charge is -2.39. The summed E-state index contributed by atoms with van der Waals surface area (Å²) < 4.78 is 0. The zero-order valence-corrected chi connectivity index (χ0v) is 14.4. The molecule has 2 nitrogen and oxygen atoms in total. The third kappa shape index (κ3) is 1.58. The third-order valence-corrected chi connectivity index (χ3v) is 8.49. The van der Waals surface area contributed by atoms with Gasteiger partial charge in [0.2, 0.25) is 5.91 Å². The molecule has 122 valence electrons. The summed E-state index contributed by atoms with van der Waals surface area (Å²) in [6.07, 6.45) is 15.2. The summed E-state index contributed by atoms with van der Waals surface area (Å²) >= 11 is 0. The Morgan fingerprint density at radius 1 is 1.13 bits per heavy atom. The van der Waals surface area contributed by atoms with Gasteiger partial charge < -0.3 is 5.32 Å². The topological polar surface area (TPSA) is 29.1 Å². The molecule has 2 bridgehead atoms. The fraction of sp³-hybridized carbons (Fsp3) is 0.667. The number of nitrogens with one attached hydrogen (secondary N) is 1. The summed E-state index contributed by atoms with van der Waals surface area (Å²) in [5.41, 5.74) is 1.65. The second-order valence-corrected chi connectivity index (χ2v) is 9.29. The van der Waals surface area contributed by atoms with Crippen molar-refractivity contribution in [2.24, 2.45) is 40.4 Å². The highest BCUT2D eigenvalue weighted by Crippen LogP contribution is 2.65. The van der Waals surface area contributed by atoms with Crippen LogP contribution in [0.25, 0.3) is 0 Å². The van der Waals surface area contributed by atoms with Gasteiger partial charge in [0.25, 0.3) is 0 Å². The molecule has 5 aliphatic rings. The fourth-order valence-electron chi connectivity index (χ4n) is 6.50. The molecule has 0 aromatic carbocycles. The molecule has 2 heteroatoms. The van der Waals surface area contributed by atoms with Gasteiger partial charge >= 0.3 is 0 Å². The predicted molar refractivity (Wildman–Crippen MR) is 91.5 cm³/mol. The quantitative estimate of drug-likeness (QED) is 0.771. The van der Waals surface area contributed by atoms with Gasteiger partial charge in [0.05, 0.1) is 0 Å². The van der Waals surface area contributed by atoms with Crippen molar-refractivity contribution in [2.75, 3.05) is 0 Å². The molecule has 1 amide bonds. The van der Waals surface area contributed by atoms with Crippen molar-refractivity contribution in [2.45, 2.75) is 46.1 Å². The number of allylic oxidation sites excluding steroid dienone is 5. The molecule has 0 saturated heterocycles. The molecule has 0 unspecified atom stereocenters. The van der Waals surface area contributed by atoms with Crippen LogP contribution in [0.2, 0.25) is 0 Å². The number of hydrogen-bond acceptors (Lipinski definition) is 1. The zero-order chi connectivity index (χ0) is 16.0. The maximum absolute atomic E-state index is 13.0. The van der Waals surface area contributed by atoms with Crippen LogP contribution in [0.3, 0.4) is 0 Å². The molecule has 2 fully saturated rings.